The molecule has 0 unspecified atom stereocenters. The molecule has 0 saturated heterocycles. The molecule has 1 N–H and O–H groups in total. The second-order valence-corrected chi connectivity index (χ2v) is 4.87. The van der Waals surface area contributed by atoms with E-state index < -0.39 is 0 Å². The van der Waals surface area contributed by atoms with Gasteiger partial charge in [-0.15, -0.1) is 5.10 Å². The van der Waals surface area contributed by atoms with Crippen molar-refractivity contribution in [3.05, 3.63) is 65.6 Å². The van der Waals surface area contributed by atoms with Crippen LogP contribution in [0.25, 0.3) is 11.3 Å². The fraction of sp³-hybridized carbons (Fsp3) is 0.188. The highest BCUT2D eigenvalue weighted by Gasteiger charge is 2.15. The number of hydrogen-bond acceptors (Lipinski definition) is 4. The average Bonchev–Trinajstić information content (AvgIpc) is 2.93. The van der Waals surface area contributed by atoms with E-state index in [1.807, 2.05) is 28.9 Å². The first kappa shape index (κ1) is 13.5. The first-order valence-electron chi connectivity index (χ1n) is 6.77. The number of pyridine rings is 1. The highest BCUT2D eigenvalue weighted by atomic mass is 16.3. The van der Waals surface area contributed by atoms with Crippen LogP contribution in [-0.2, 0) is 13.2 Å². The van der Waals surface area contributed by atoms with Crippen molar-refractivity contribution < 1.29 is 5.11 Å². The fourth-order valence-corrected chi connectivity index (χ4v) is 2.33. The molecule has 0 spiro atoms. The van der Waals surface area contributed by atoms with E-state index in [1.165, 1.54) is 11.1 Å². The maximum atomic E-state index is 9.48. The Hall–Kier alpha value is -2.53. The van der Waals surface area contributed by atoms with Gasteiger partial charge in [0.2, 0.25) is 0 Å². The van der Waals surface area contributed by atoms with Crippen LogP contribution in [0.15, 0.2) is 48.8 Å². The average molecular weight is 280 g/mol. The van der Waals surface area contributed by atoms with Crippen molar-refractivity contribution in [1.82, 2.24) is 20.0 Å². The van der Waals surface area contributed by atoms with Crippen LogP contribution in [-0.4, -0.2) is 25.1 Å². The molecule has 0 aliphatic carbocycles. The van der Waals surface area contributed by atoms with Gasteiger partial charge in [0.1, 0.15) is 5.69 Å². The fourth-order valence-electron chi connectivity index (χ4n) is 2.33. The van der Waals surface area contributed by atoms with Crippen LogP contribution in [0.1, 0.15) is 16.8 Å². The topological polar surface area (TPSA) is 63.8 Å². The Bertz CT molecular complexity index is 737. The van der Waals surface area contributed by atoms with Gasteiger partial charge in [-0.2, -0.15) is 0 Å². The predicted molar refractivity (Wildman–Crippen MR) is 79.5 cm³/mol. The highest BCUT2D eigenvalue weighted by molar-refractivity contribution is 5.60. The lowest BCUT2D eigenvalue weighted by Gasteiger charge is -2.09. The van der Waals surface area contributed by atoms with Crippen LogP contribution < -0.4 is 0 Å². The van der Waals surface area contributed by atoms with Gasteiger partial charge in [0, 0.05) is 18.0 Å². The Morgan fingerprint density at radius 2 is 2.00 bits per heavy atom. The van der Waals surface area contributed by atoms with Gasteiger partial charge in [-0.3, -0.25) is 4.98 Å². The zero-order valence-electron chi connectivity index (χ0n) is 11.8. The van der Waals surface area contributed by atoms with Crippen LogP contribution in [0.2, 0.25) is 0 Å². The standard InChI is InChI=1S/C16H16N4O/c1-12-5-2-3-6-14(12)10-20-16(15(11-21)18-19-20)13-7-4-8-17-9-13/h2-9,21H,10-11H2,1H3. The molecular weight excluding hydrogens is 264 g/mol. The Morgan fingerprint density at radius 3 is 2.71 bits per heavy atom. The lowest BCUT2D eigenvalue weighted by molar-refractivity contribution is 0.277. The minimum atomic E-state index is -0.141. The molecule has 0 atom stereocenters. The van der Waals surface area contributed by atoms with E-state index in [9.17, 15) is 5.11 Å². The largest absolute Gasteiger partial charge is 0.390 e. The minimum Gasteiger partial charge on any atom is -0.390 e. The third-order valence-electron chi connectivity index (χ3n) is 3.47. The summed E-state index contributed by atoms with van der Waals surface area (Å²) in [4.78, 5) is 4.13. The monoisotopic (exact) mass is 280 g/mol. The van der Waals surface area contributed by atoms with Crippen LogP contribution >= 0.6 is 0 Å². The zero-order chi connectivity index (χ0) is 14.7. The Balaban J connectivity index is 2.04. The number of aliphatic hydroxyl groups is 1. The number of aryl methyl sites for hydroxylation is 1. The van der Waals surface area contributed by atoms with Crippen molar-refractivity contribution in [1.29, 1.82) is 0 Å². The summed E-state index contributed by atoms with van der Waals surface area (Å²) in [5.41, 5.74) is 4.67. The second-order valence-electron chi connectivity index (χ2n) is 4.87. The lowest BCUT2D eigenvalue weighted by atomic mass is 10.1. The van der Waals surface area contributed by atoms with Crippen LogP contribution in [0.3, 0.4) is 0 Å². The Labute approximate surface area is 122 Å². The van der Waals surface area contributed by atoms with Crippen LogP contribution in [0.4, 0.5) is 0 Å². The number of nitrogens with zero attached hydrogens (tertiary/aromatic N) is 4. The molecule has 3 rings (SSSR count). The molecule has 2 aromatic heterocycles. The second kappa shape index (κ2) is 5.85. The summed E-state index contributed by atoms with van der Waals surface area (Å²) >= 11 is 0. The van der Waals surface area contributed by atoms with Crippen LogP contribution in [0, 0.1) is 6.92 Å². The third-order valence-corrected chi connectivity index (χ3v) is 3.47. The molecule has 0 bridgehead atoms. The normalized spacial score (nSPS) is 10.8. The number of rotatable bonds is 4. The van der Waals surface area contributed by atoms with Crippen molar-refractivity contribution >= 4 is 0 Å². The highest BCUT2D eigenvalue weighted by Crippen LogP contribution is 2.22. The summed E-state index contributed by atoms with van der Waals surface area (Å²) in [5.74, 6) is 0. The molecule has 2 heterocycles. The van der Waals surface area contributed by atoms with Crippen LogP contribution in [0.5, 0.6) is 0 Å². The van der Waals surface area contributed by atoms with E-state index in [1.54, 1.807) is 12.4 Å². The molecule has 21 heavy (non-hydrogen) atoms. The van der Waals surface area contributed by atoms with Gasteiger partial charge in [-0.1, -0.05) is 29.5 Å². The Morgan fingerprint density at radius 1 is 1.14 bits per heavy atom. The van der Waals surface area contributed by atoms with Gasteiger partial charge in [-0.05, 0) is 30.2 Å². The maximum Gasteiger partial charge on any atom is 0.116 e. The zero-order valence-corrected chi connectivity index (χ0v) is 11.8. The number of benzene rings is 1. The van der Waals surface area contributed by atoms with Gasteiger partial charge in [0.25, 0.3) is 0 Å². The van der Waals surface area contributed by atoms with Crippen molar-refractivity contribution in [3.63, 3.8) is 0 Å². The molecule has 0 aliphatic rings. The van der Waals surface area contributed by atoms with E-state index in [2.05, 4.69) is 34.4 Å². The maximum absolute atomic E-state index is 9.48. The Kier molecular flexibility index (Phi) is 3.75. The summed E-state index contributed by atoms with van der Waals surface area (Å²) in [6.07, 6.45) is 3.48. The molecule has 1 aromatic carbocycles. The minimum absolute atomic E-state index is 0.141. The first-order chi connectivity index (χ1) is 10.3. The van der Waals surface area contributed by atoms with E-state index in [0.717, 1.165) is 11.3 Å². The summed E-state index contributed by atoms with van der Waals surface area (Å²) in [7, 11) is 0. The van der Waals surface area contributed by atoms with Crippen molar-refractivity contribution in [2.24, 2.45) is 0 Å². The van der Waals surface area contributed by atoms with E-state index in [4.69, 9.17) is 0 Å². The van der Waals surface area contributed by atoms with Crippen molar-refractivity contribution in [2.75, 3.05) is 0 Å². The molecule has 106 valence electrons. The predicted octanol–water partition coefficient (Wildman–Crippen LogP) is 2.19. The smallest absolute Gasteiger partial charge is 0.116 e. The summed E-state index contributed by atoms with van der Waals surface area (Å²) in [5, 5.41) is 17.7. The number of hydrogen-bond donors (Lipinski definition) is 1. The SMILES string of the molecule is Cc1ccccc1Cn1nnc(CO)c1-c1cccnc1. The van der Waals surface area contributed by atoms with E-state index in [-0.39, 0.29) is 6.61 Å². The van der Waals surface area contributed by atoms with Gasteiger partial charge in [0.15, 0.2) is 0 Å². The van der Waals surface area contributed by atoms with Gasteiger partial charge in [0.05, 0.1) is 18.8 Å². The molecule has 0 saturated carbocycles. The molecule has 0 fully saturated rings. The van der Waals surface area contributed by atoms with Crippen molar-refractivity contribution in [3.8, 4) is 11.3 Å². The molecule has 3 aromatic rings. The summed E-state index contributed by atoms with van der Waals surface area (Å²) in [6.45, 7) is 2.55. The van der Waals surface area contributed by atoms with Gasteiger partial charge < -0.3 is 5.11 Å². The molecule has 5 heteroatoms. The third kappa shape index (κ3) is 2.68. The number of aliphatic hydroxyl groups excluding tert-OH is 1. The summed E-state index contributed by atoms with van der Waals surface area (Å²) in [6, 6.07) is 12.0. The molecule has 0 radical (unpaired) electrons. The van der Waals surface area contributed by atoms with Crippen molar-refractivity contribution in [2.45, 2.75) is 20.1 Å². The van der Waals surface area contributed by atoms with Gasteiger partial charge in [-0.25, -0.2) is 4.68 Å². The first-order valence-corrected chi connectivity index (χ1v) is 6.77. The number of aromatic nitrogens is 4. The molecule has 0 aliphatic heterocycles. The van der Waals surface area contributed by atoms with E-state index >= 15 is 0 Å². The quantitative estimate of drug-likeness (QED) is 0.795. The van der Waals surface area contributed by atoms with Gasteiger partial charge >= 0.3 is 0 Å². The summed E-state index contributed by atoms with van der Waals surface area (Å²) < 4.78 is 1.81. The molecular formula is C16H16N4O. The van der Waals surface area contributed by atoms with E-state index in [0.29, 0.717) is 12.2 Å². The molecule has 0 amide bonds. The molecule has 5 nitrogen and oxygen atoms in total. The lowest BCUT2D eigenvalue weighted by Crippen LogP contribution is -2.06.